The third-order valence-electron chi connectivity index (χ3n) is 2.59. The van der Waals surface area contributed by atoms with Crippen molar-refractivity contribution < 1.29 is 14.3 Å². The lowest BCUT2D eigenvalue weighted by molar-refractivity contribution is -0.135. The van der Waals surface area contributed by atoms with Gasteiger partial charge in [-0.05, 0) is 23.8 Å². The maximum absolute atomic E-state index is 11.3. The van der Waals surface area contributed by atoms with Crippen LogP contribution < -0.4 is 11.1 Å². The highest BCUT2D eigenvalue weighted by Crippen LogP contribution is 2.18. The number of amides is 1. The van der Waals surface area contributed by atoms with Crippen molar-refractivity contribution in [2.45, 2.75) is 6.42 Å². The second-order valence-corrected chi connectivity index (χ2v) is 4.00. The molecule has 1 saturated heterocycles. The molecule has 1 aromatic carbocycles. The van der Waals surface area contributed by atoms with Gasteiger partial charge in [-0.3, -0.25) is 4.79 Å². The molecule has 18 heavy (non-hydrogen) atoms. The van der Waals surface area contributed by atoms with E-state index in [1.165, 1.54) is 0 Å². The van der Waals surface area contributed by atoms with E-state index in [4.69, 9.17) is 10.5 Å². The molecule has 1 amide bonds. The van der Waals surface area contributed by atoms with E-state index in [0.717, 1.165) is 11.3 Å². The van der Waals surface area contributed by atoms with Crippen LogP contribution >= 0.6 is 0 Å². The topological polar surface area (TPSA) is 81.4 Å². The Morgan fingerprint density at radius 3 is 2.67 bits per heavy atom. The first kappa shape index (κ1) is 12.2. The van der Waals surface area contributed by atoms with Crippen molar-refractivity contribution in [3.8, 4) is 0 Å². The summed E-state index contributed by atoms with van der Waals surface area (Å²) in [7, 11) is 0. The van der Waals surface area contributed by atoms with Crippen LogP contribution in [0.1, 0.15) is 12.0 Å². The lowest BCUT2D eigenvalue weighted by Gasteiger charge is -2.03. The number of hydrogen-bond acceptors (Lipinski definition) is 4. The zero-order valence-electron chi connectivity index (χ0n) is 9.81. The highest BCUT2D eigenvalue weighted by molar-refractivity contribution is 5.95. The van der Waals surface area contributed by atoms with Crippen molar-refractivity contribution in [1.29, 1.82) is 0 Å². The molecule has 3 N–H and O–H groups in total. The molecule has 5 nitrogen and oxygen atoms in total. The molecule has 0 saturated carbocycles. The molecule has 0 radical (unpaired) electrons. The molecule has 1 fully saturated rings. The van der Waals surface area contributed by atoms with Crippen LogP contribution in [0.5, 0.6) is 0 Å². The number of nitrogens with one attached hydrogen (secondary N) is 1. The van der Waals surface area contributed by atoms with Crippen molar-refractivity contribution in [2.24, 2.45) is 5.73 Å². The SMILES string of the molecule is NC(=O)CNc1ccc(/C=C2\CCOC2=O)cc1. The second-order valence-electron chi connectivity index (χ2n) is 4.00. The number of hydrogen-bond donors (Lipinski definition) is 2. The van der Waals surface area contributed by atoms with Crippen molar-refractivity contribution in [3.05, 3.63) is 35.4 Å². The van der Waals surface area contributed by atoms with Gasteiger partial charge < -0.3 is 15.8 Å². The van der Waals surface area contributed by atoms with Gasteiger partial charge >= 0.3 is 5.97 Å². The maximum Gasteiger partial charge on any atom is 0.334 e. The summed E-state index contributed by atoms with van der Waals surface area (Å²) in [5.74, 6) is -0.652. The fourth-order valence-corrected chi connectivity index (χ4v) is 1.67. The van der Waals surface area contributed by atoms with Gasteiger partial charge in [-0.25, -0.2) is 4.79 Å². The van der Waals surface area contributed by atoms with Crippen LogP contribution in [-0.2, 0) is 14.3 Å². The van der Waals surface area contributed by atoms with Crippen molar-refractivity contribution in [3.63, 3.8) is 0 Å². The number of rotatable bonds is 4. The van der Waals surface area contributed by atoms with E-state index in [1.54, 1.807) is 0 Å². The van der Waals surface area contributed by atoms with Crippen LogP contribution in [-0.4, -0.2) is 25.0 Å². The fourth-order valence-electron chi connectivity index (χ4n) is 1.67. The Bertz CT molecular complexity index is 491. The number of anilines is 1. The standard InChI is InChI=1S/C13H14N2O3/c14-12(16)8-15-11-3-1-9(2-4-11)7-10-5-6-18-13(10)17/h1-4,7,15H,5-6,8H2,(H2,14,16)/b10-7+. The summed E-state index contributed by atoms with van der Waals surface area (Å²) in [6.45, 7) is 0.565. The summed E-state index contributed by atoms with van der Waals surface area (Å²) < 4.78 is 4.86. The Kier molecular flexibility index (Phi) is 3.62. The van der Waals surface area contributed by atoms with Crippen molar-refractivity contribution in [1.82, 2.24) is 0 Å². The second kappa shape index (κ2) is 5.35. The average Bonchev–Trinajstić information content (AvgIpc) is 2.74. The number of benzene rings is 1. The van der Waals surface area contributed by atoms with Gasteiger partial charge in [0.25, 0.3) is 0 Å². The Hall–Kier alpha value is -2.30. The van der Waals surface area contributed by atoms with Crippen LogP contribution in [0.25, 0.3) is 6.08 Å². The Morgan fingerprint density at radius 2 is 2.11 bits per heavy atom. The molecule has 0 bridgehead atoms. The molecule has 0 unspecified atom stereocenters. The highest BCUT2D eigenvalue weighted by atomic mass is 16.5. The molecule has 0 atom stereocenters. The first-order chi connectivity index (χ1) is 8.65. The van der Waals surface area contributed by atoms with E-state index in [1.807, 2.05) is 30.3 Å². The van der Waals surface area contributed by atoms with E-state index in [0.29, 0.717) is 18.6 Å². The van der Waals surface area contributed by atoms with E-state index in [9.17, 15) is 9.59 Å². The highest BCUT2D eigenvalue weighted by Gasteiger charge is 2.17. The van der Waals surface area contributed by atoms with E-state index >= 15 is 0 Å². The number of carbonyl (C=O) groups excluding carboxylic acids is 2. The normalized spacial score (nSPS) is 16.7. The zero-order valence-corrected chi connectivity index (χ0v) is 9.81. The number of ether oxygens (including phenoxy) is 1. The Labute approximate surface area is 105 Å². The molecule has 1 aliphatic rings. The minimum atomic E-state index is -0.408. The first-order valence-corrected chi connectivity index (χ1v) is 5.65. The third kappa shape index (κ3) is 3.10. The van der Waals surface area contributed by atoms with E-state index < -0.39 is 5.91 Å². The Balaban J connectivity index is 2.03. The number of primary amides is 1. The average molecular weight is 246 g/mol. The minimum absolute atomic E-state index is 0.104. The molecule has 0 spiro atoms. The van der Waals surface area contributed by atoms with Gasteiger partial charge in [-0.15, -0.1) is 0 Å². The lowest BCUT2D eigenvalue weighted by atomic mass is 10.1. The summed E-state index contributed by atoms with van der Waals surface area (Å²) in [4.78, 5) is 21.9. The number of nitrogens with two attached hydrogens (primary N) is 1. The van der Waals surface area contributed by atoms with Crippen molar-refractivity contribution >= 4 is 23.6 Å². The van der Waals surface area contributed by atoms with Crippen LogP contribution in [0.4, 0.5) is 5.69 Å². The van der Waals surface area contributed by atoms with Crippen LogP contribution in [0, 0.1) is 0 Å². The van der Waals surface area contributed by atoms with Gasteiger partial charge in [-0.2, -0.15) is 0 Å². The molecule has 1 aromatic rings. The molecule has 5 heteroatoms. The molecule has 1 heterocycles. The predicted octanol–water partition coefficient (Wildman–Crippen LogP) is 0.914. The van der Waals surface area contributed by atoms with Gasteiger partial charge in [0.05, 0.1) is 13.2 Å². The van der Waals surface area contributed by atoms with Crippen molar-refractivity contribution in [2.75, 3.05) is 18.5 Å². The molecule has 94 valence electrons. The molecular weight excluding hydrogens is 232 g/mol. The monoisotopic (exact) mass is 246 g/mol. The quantitative estimate of drug-likeness (QED) is 0.611. The molecule has 2 rings (SSSR count). The molecule has 0 aliphatic carbocycles. The molecular formula is C13H14N2O3. The predicted molar refractivity (Wildman–Crippen MR) is 67.7 cm³/mol. The van der Waals surface area contributed by atoms with Gasteiger partial charge in [0.2, 0.25) is 5.91 Å². The largest absolute Gasteiger partial charge is 0.462 e. The molecule has 1 aliphatic heterocycles. The maximum atomic E-state index is 11.3. The van der Waals surface area contributed by atoms with E-state index in [-0.39, 0.29) is 12.5 Å². The summed E-state index contributed by atoms with van der Waals surface area (Å²) in [5, 5.41) is 2.89. The van der Waals surface area contributed by atoms with Gasteiger partial charge in [0.15, 0.2) is 0 Å². The third-order valence-corrected chi connectivity index (χ3v) is 2.59. The molecule has 0 aromatic heterocycles. The van der Waals surface area contributed by atoms with Gasteiger partial charge in [0.1, 0.15) is 0 Å². The number of cyclic esters (lactones) is 1. The van der Waals surface area contributed by atoms with Crippen LogP contribution in [0.3, 0.4) is 0 Å². The van der Waals surface area contributed by atoms with Gasteiger partial charge in [0, 0.05) is 17.7 Å². The number of carbonyl (C=O) groups is 2. The van der Waals surface area contributed by atoms with E-state index in [2.05, 4.69) is 5.32 Å². The Morgan fingerprint density at radius 1 is 1.39 bits per heavy atom. The summed E-state index contributed by atoms with van der Waals surface area (Å²) in [6.07, 6.45) is 2.47. The first-order valence-electron chi connectivity index (χ1n) is 5.65. The summed E-state index contributed by atoms with van der Waals surface area (Å²) in [5.41, 5.74) is 7.45. The van der Waals surface area contributed by atoms with Crippen LogP contribution in [0.15, 0.2) is 29.8 Å². The summed E-state index contributed by atoms with van der Waals surface area (Å²) >= 11 is 0. The fraction of sp³-hybridized carbons (Fsp3) is 0.231. The summed E-state index contributed by atoms with van der Waals surface area (Å²) in [6, 6.07) is 7.38. The number of esters is 1. The zero-order chi connectivity index (χ0) is 13.0. The smallest absolute Gasteiger partial charge is 0.334 e. The van der Waals surface area contributed by atoms with Gasteiger partial charge in [-0.1, -0.05) is 12.1 Å². The van der Waals surface area contributed by atoms with Crippen LogP contribution in [0.2, 0.25) is 0 Å². The lowest BCUT2D eigenvalue weighted by Crippen LogP contribution is -2.21. The minimum Gasteiger partial charge on any atom is -0.462 e.